The van der Waals surface area contributed by atoms with Gasteiger partial charge in [0.05, 0.1) is 0 Å². The Kier molecular flexibility index (Phi) is 9.57. The lowest BCUT2D eigenvalue weighted by atomic mass is 10.2. The molecular weight excluding hydrogens is 400 g/mol. The minimum atomic E-state index is -0.725. The maximum absolute atomic E-state index is 11.5. The van der Waals surface area contributed by atoms with Crippen LogP contribution in [0.1, 0.15) is 11.1 Å². The van der Waals surface area contributed by atoms with Crippen molar-refractivity contribution >= 4 is 33.9 Å². The molecule has 0 aliphatic rings. The van der Waals surface area contributed by atoms with Crippen molar-refractivity contribution in [1.29, 1.82) is 0 Å². The van der Waals surface area contributed by atoms with Crippen LogP contribution in [0.4, 0.5) is 9.59 Å². The highest BCUT2D eigenvalue weighted by molar-refractivity contribution is 8.76. The van der Waals surface area contributed by atoms with E-state index in [2.05, 4.69) is 0 Å². The summed E-state index contributed by atoms with van der Waals surface area (Å²) in [7, 11) is 3.03. The summed E-state index contributed by atoms with van der Waals surface area (Å²) in [6.07, 6.45) is -1.45. The summed E-state index contributed by atoms with van der Waals surface area (Å²) in [5.74, 6) is 2.10. The molecule has 0 bridgehead atoms. The Morgan fingerprint density at radius 3 is 1.39 bits per heavy atom. The van der Waals surface area contributed by atoms with E-state index in [9.17, 15) is 9.59 Å². The number of carbonyl (C=O) groups is 2. The predicted molar refractivity (Wildman–Crippen MR) is 111 cm³/mol. The van der Waals surface area contributed by atoms with Gasteiger partial charge in [-0.3, -0.25) is 0 Å². The smallest absolute Gasteiger partial charge is 0.433 e. The third kappa shape index (κ3) is 9.05. The van der Waals surface area contributed by atoms with Crippen LogP contribution in [0, 0.1) is 13.8 Å². The van der Waals surface area contributed by atoms with Crippen LogP contribution >= 0.6 is 21.6 Å². The molecule has 0 fully saturated rings. The van der Waals surface area contributed by atoms with Crippen molar-refractivity contribution in [1.82, 2.24) is 0 Å². The Balaban J connectivity index is 1.45. The summed E-state index contributed by atoms with van der Waals surface area (Å²) < 4.78 is 20.1. The molecule has 2 aromatic carbocycles. The SMILES string of the molecule is Cc1ccc(OC(=O)OCCSSCCOC(=O)Oc2ccc(C)cc2)cc1. The molecule has 0 saturated carbocycles. The molecule has 150 valence electrons. The highest BCUT2D eigenvalue weighted by Crippen LogP contribution is 2.20. The van der Waals surface area contributed by atoms with E-state index in [1.54, 1.807) is 24.3 Å². The van der Waals surface area contributed by atoms with Crippen LogP contribution in [0.2, 0.25) is 0 Å². The summed E-state index contributed by atoms with van der Waals surface area (Å²) >= 11 is 0. The number of ether oxygens (including phenoxy) is 4. The number of hydrogen-bond acceptors (Lipinski definition) is 8. The number of aryl methyl sites for hydroxylation is 2. The first-order chi connectivity index (χ1) is 13.5. The zero-order valence-electron chi connectivity index (χ0n) is 15.7. The molecule has 2 rings (SSSR count). The van der Waals surface area contributed by atoms with Gasteiger partial charge in [-0.15, -0.1) is 0 Å². The number of benzene rings is 2. The van der Waals surface area contributed by atoms with Crippen LogP contribution in [0.15, 0.2) is 48.5 Å². The molecule has 0 saturated heterocycles. The summed E-state index contributed by atoms with van der Waals surface area (Å²) in [6, 6.07) is 14.3. The van der Waals surface area contributed by atoms with Crippen molar-refractivity contribution in [2.45, 2.75) is 13.8 Å². The lowest BCUT2D eigenvalue weighted by Crippen LogP contribution is -2.13. The Morgan fingerprint density at radius 1 is 0.679 bits per heavy atom. The first-order valence-electron chi connectivity index (χ1n) is 8.60. The minimum Gasteiger partial charge on any atom is -0.433 e. The van der Waals surface area contributed by atoms with Crippen molar-refractivity contribution in [3.8, 4) is 11.5 Å². The van der Waals surface area contributed by atoms with Crippen LogP contribution in [0.5, 0.6) is 11.5 Å². The Morgan fingerprint density at radius 2 is 1.04 bits per heavy atom. The summed E-state index contributed by atoms with van der Waals surface area (Å²) in [5.41, 5.74) is 2.17. The summed E-state index contributed by atoms with van der Waals surface area (Å²) in [6.45, 7) is 4.38. The monoisotopic (exact) mass is 422 g/mol. The molecule has 28 heavy (non-hydrogen) atoms. The van der Waals surface area contributed by atoms with Gasteiger partial charge in [0.1, 0.15) is 24.7 Å². The second-order valence-corrected chi connectivity index (χ2v) is 8.37. The van der Waals surface area contributed by atoms with E-state index >= 15 is 0 Å². The van der Waals surface area contributed by atoms with Crippen molar-refractivity contribution in [3.05, 3.63) is 59.7 Å². The molecule has 0 aromatic heterocycles. The highest BCUT2D eigenvalue weighted by Gasteiger charge is 2.07. The molecule has 0 amide bonds. The molecule has 0 unspecified atom stereocenters. The molecular formula is C20H22O6S2. The Bertz CT molecular complexity index is 681. The van der Waals surface area contributed by atoms with Gasteiger partial charge < -0.3 is 18.9 Å². The lowest BCUT2D eigenvalue weighted by Gasteiger charge is -2.07. The Hall–Kier alpha value is -2.32. The van der Waals surface area contributed by atoms with E-state index in [1.807, 2.05) is 38.1 Å². The lowest BCUT2D eigenvalue weighted by molar-refractivity contribution is 0.104. The topological polar surface area (TPSA) is 71.1 Å². The van der Waals surface area contributed by atoms with E-state index in [1.165, 1.54) is 21.6 Å². The van der Waals surface area contributed by atoms with Crippen LogP contribution in [0.3, 0.4) is 0 Å². The maximum atomic E-state index is 11.5. The van der Waals surface area contributed by atoms with E-state index < -0.39 is 12.3 Å². The molecule has 0 heterocycles. The van der Waals surface area contributed by atoms with Gasteiger partial charge >= 0.3 is 12.3 Å². The van der Waals surface area contributed by atoms with Gasteiger partial charge in [0, 0.05) is 11.5 Å². The molecule has 2 aromatic rings. The molecule has 0 aliphatic carbocycles. The highest BCUT2D eigenvalue weighted by atomic mass is 33.1. The zero-order valence-corrected chi connectivity index (χ0v) is 17.3. The summed E-state index contributed by atoms with van der Waals surface area (Å²) in [4.78, 5) is 23.1. The van der Waals surface area contributed by atoms with E-state index in [0.29, 0.717) is 23.0 Å². The average molecular weight is 423 g/mol. The molecule has 0 N–H and O–H groups in total. The first-order valence-corrected chi connectivity index (χ1v) is 11.1. The molecule has 0 aliphatic heterocycles. The standard InChI is InChI=1S/C20H22O6S2/c1-15-3-7-17(8-4-15)25-19(21)23-11-13-27-28-14-12-24-20(22)26-18-9-5-16(2)6-10-18/h3-10H,11-14H2,1-2H3. The number of hydrogen-bond donors (Lipinski definition) is 0. The van der Waals surface area contributed by atoms with Crippen molar-refractivity contribution in [2.24, 2.45) is 0 Å². The fourth-order valence-electron chi connectivity index (χ4n) is 1.90. The second-order valence-electron chi connectivity index (χ2n) is 5.67. The van der Waals surface area contributed by atoms with Gasteiger partial charge in [-0.25, -0.2) is 9.59 Å². The normalized spacial score (nSPS) is 10.2. The zero-order chi connectivity index (χ0) is 20.2. The minimum absolute atomic E-state index is 0.235. The van der Waals surface area contributed by atoms with Gasteiger partial charge in [-0.05, 0) is 38.1 Å². The Labute approximate surface area is 172 Å². The van der Waals surface area contributed by atoms with E-state index in [0.717, 1.165) is 11.1 Å². The van der Waals surface area contributed by atoms with Gasteiger partial charge in [0.25, 0.3) is 0 Å². The summed E-state index contributed by atoms with van der Waals surface area (Å²) in [5, 5.41) is 0. The van der Waals surface area contributed by atoms with Gasteiger partial charge in [-0.2, -0.15) is 0 Å². The largest absolute Gasteiger partial charge is 0.513 e. The molecule has 0 atom stereocenters. The molecule has 8 heteroatoms. The third-order valence-electron chi connectivity index (χ3n) is 3.30. The van der Waals surface area contributed by atoms with Crippen molar-refractivity contribution in [2.75, 3.05) is 24.7 Å². The molecule has 6 nitrogen and oxygen atoms in total. The van der Waals surface area contributed by atoms with E-state index in [-0.39, 0.29) is 13.2 Å². The van der Waals surface area contributed by atoms with Crippen molar-refractivity contribution in [3.63, 3.8) is 0 Å². The van der Waals surface area contributed by atoms with Gasteiger partial charge in [0.2, 0.25) is 0 Å². The molecule has 0 spiro atoms. The third-order valence-corrected chi connectivity index (χ3v) is 5.63. The van der Waals surface area contributed by atoms with Gasteiger partial charge in [-0.1, -0.05) is 57.0 Å². The quantitative estimate of drug-likeness (QED) is 0.230. The van der Waals surface area contributed by atoms with Crippen LogP contribution in [-0.2, 0) is 9.47 Å². The maximum Gasteiger partial charge on any atom is 0.513 e. The fraction of sp³-hybridized carbons (Fsp3) is 0.300. The average Bonchev–Trinajstić information content (AvgIpc) is 2.67. The first kappa shape index (κ1) is 22.0. The van der Waals surface area contributed by atoms with E-state index in [4.69, 9.17) is 18.9 Å². The number of carbonyl (C=O) groups excluding carboxylic acids is 2. The predicted octanol–water partition coefficient (Wildman–Crippen LogP) is 5.42. The van der Waals surface area contributed by atoms with Crippen LogP contribution < -0.4 is 9.47 Å². The number of rotatable bonds is 9. The van der Waals surface area contributed by atoms with Crippen LogP contribution in [0.25, 0.3) is 0 Å². The second kappa shape index (κ2) is 12.2. The fourth-order valence-corrected chi connectivity index (χ4v) is 3.55. The molecule has 0 radical (unpaired) electrons. The van der Waals surface area contributed by atoms with Gasteiger partial charge in [0.15, 0.2) is 0 Å². The van der Waals surface area contributed by atoms with Crippen LogP contribution in [-0.4, -0.2) is 37.0 Å². The van der Waals surface area contributed by atoms with Crippen molar-refractivity contribution < 1.29 is 28.5 Å².